The Kier molecular flexibility index (Phi) is 15.5. The monoisotopic (exact) mass is 371 g/mol. The number of allylic oxidation sites excluding steroid dienone is 6. The number of amides is 1. The molecule has 0 atom stereocenters. The molecule has 0 radical (unpaired) electrons. The predicted octanol–water partition coefficient (Wildman–Crippen LogP) is 7.19. The van der Waals surface area contributed by atoms with Crippen molar-refractivity contribution in [3.63, 3.8) is 0 Å². The molecule has 1 aliphatic rings. The van der Waals surface area contributed by atoms with E-state index >= 15 is 0 Å². The highest BCUT2D eigenvalue weighted by Crippen LogP contribution is 2.10. The van der Waals surface area contributed by atoms with Crippen molar-refractivity contribution in [3.8, 4) is 0 Å². The van der Waals surface area contributed by atoms with Crippen LogP contribution in [0.2, 0.25) is 0 Å². The lowest BCUT2D eigenvalue weighted by molar-refractivity contribution is -0.121. The first-order chi connectivity index (χ1) is 13.3. The normalized spacial score (nSPS) is 14.2. The van der Waals surface area contributed by atoms with Crippen LogP contribution in [-0.2, 0) is 4.79 Å². The third-order valence-corrected chi connectivity index (χ3v) is 4.92. The van der Waals surface area contributed by atoms with Crippen LogP contribution in [0, 0.1) is 0 Å². The van der Waals surface area contributed by atoms with E-state index in [4.69, 9.17) is 0 Å². The average molecular weight is 372 g/mol. The maximum Gasteiger partial charge on any atom is 0.220 e. The van der Waals surface area contributed by atoms with E-state index in [0.717, 1.165) is 25.7 Å². The van der Waals surface area contributed by atoms with E-state index in [1.54, 1.807) is 0 Å². The zero-order valence-corrected chi connectivity index (χ0v) is 17.6. The van der Waals surface area contributed by atoms with Gasteiger partial charge in [0.05, 0.1) is 0 Å². The van der Waals surface area contributed by atoms with Crippen molar-refractivity contribution in [2.45, 2.75) is 96.8 Å². The molecule has 0 aromatic rings. The molecule has 2 heteroatoms. The molecule has 0 aliphatic heterocycles. The van der Waals surface area contributed by atoms with E-state index in [0.29, 0.717) is 13.0 Å². The molecule has 0 unspecified atom stereocenters. The minimum Gasteiger partial charge on any atom is -0.352 e. The van der Waals surface area contributed by atoms with Crippen LogP contribution < -0.4 is 5.32 Å². The summed E-state index contributed by atoms with van der Waals surface area (Å²) < 4.78 is 0. The van der Waals surface area contributed by atoms with Crippen molar-refractivity contribution < 1.29 is 4.79 Å². The zero-order chi connectivity index (χ0) is 19.4. The van der Waals surface area contributed by atoms with Gasteiger partial charge in [-0.2, -0.15) is 0 Å². The summed E-state index contributed by atoms with van der Waals surface area (Å²) in [7, 11) is 0. The fraction of sp³-hybridized carbons (Fsp3) is 0.640. The Morgan fingerprint density at radius 3 is 2.33 bits per heavy atom. The maximum absolute atomic E-state index is 11.8. The Bertz CT molecular complexity index is 485. The summed E-state index contributed by atoms with van der Waals surface area (Å²) in [5, 5.41) is 3.03. The lowest BCUT2D eigenvalue weighted by Gasteiger charge is -2.08. The molecule has 0 aromatic carbocycles. The van der Waals surface area contributed by atoms with Crippen LogP contribution in [0.1, 0.15) is 96.8 Å². The summed E-state index contributed by atoms with van der Waals surface area (Å²) in [5.41, 5.74) is 1.25. The third-order valence-electron chi connectivity index (χ3n) is 4.92. The van der Waals surface area contributed by atoms with Crippen molar-refractivity contribution >= 4 is 5.91 Å². The maximum atomic E-state index is 11.8. The van der Waals surface area contributed by atoms with Crippen molar-refractivity contribution in [2.75, 3.05) is 6.54 Å². The van der Waals surface area contributed by atoms with Crippen LogP contribution in [0.15, 0.2) is 48.1 Å². The molecule has 0 saturated carbocycles. The molecular weight excluding hydrogens is 330 g/mol. The van der Waals surface area contributed by atoms with Gasteiger partial charge in [-0.3, -0.25) is 4.79 Å². The summed E-state index contributed by atoms with van der Waals surface area (Å²) in [6.07, 6.45) is 32.1. The van der Waals surface area contributed by atoms with Crippen LogP contribution in [0.3, 0.4) is 0 Å². The van der Waals surface area contributed by atoms with Crippen LogP contribution in [-0.4, -0.2) is 12.5 Å². The highest BCUT2D eigenvalue weighted by molar-refractivity contribution is 5.76. The van der Waals surface area contributed by atoms with Gasteiger partial charge in [-0.1, -0.05) is 81.6 Å². The second kappa shape index (κ2) is 17.8. The smallest absolute Gasteiger partial charge is 0.220 e. The quantitative estimate of drug-likeness (QED) is 0.226. The summed E-state index contributed by atoms with van der Waals surface area (Å²) in [6, 6.07) is 0. The molecule has 2 nitrogen and oxygen atoms in total. The molecule has 27 heavy (non-hydrogen) atoms. The molecule has 1 amide bonds. The average Bonchev–Trinajstić information content (AvgIpc) is 2.70. The highest BCUT2D eigenvalue weighted by atomic mass is 16.1. The van der Waals surface area contributed by atoms with Gasteiger partial charge >= 0.3 is 0 Å². The van der Waals surface area contributed by atoms with Gasteiger partial charge in [-0.15, -0.1) is 0 Å². The van der Waals surface area contributed by atoms with Crippen LogP contribution >= 0.6 is 0 Å². The van der Waals surface area contributed by atoms with E-state index in [-0.39, 0.29) is 5.91 Å². The van der Waals surface area contributed by atoms with Gasteiger partial charge in [-0.05, 0) is 56.9 Å². The molecule has 0 saturated heterocycles. The van der Waals surface area contributed by atoms with Crippen LogP contribution in [0.5, 0.6) is 0 Å². The molecular formula is C25H41NO. The topological polar surface area (TPSA) is 29.1 Å². The fourth-order valence-corrected chi connectivity index (χ4v) is 3.18. The second-order valence-electron chi connectivity index (χ2n) is 7.52. The van der Waals surface area contributed by atoms with Gasteiger partial charge in [0, 0.05) is 13.0 Å². The lowest BCUT2D eigenvalue weighted by atomic mass is 10.1. The Labute approximate surface area is 167 Å². The SMILES string of the molecule is CCCCC/C=C\C/C=C\CCCCCCCC(=O)NCC1=CCCC=C1. The Morgan fingerprint density at radius 2 is 1.63 bits per heavy atom. The Morgan fingerprint density at radius 1 is 0.926 bits per heavy atom. The summed E-state index contributed by atoms with van der Waals surface area (Å²) >= 11 is 0. The molecule has 152 valence electrons. The number of carbonyl (C=O) groups is 1. The molecule has 0 bridgehead atoms. The summed E-state index contributed by atoms with van der Waals surface area (Å²) in [5.74, 6) is 0.195. The van der Waals surface area contributed by atoms with E-state index in [1.807, 2.05) is 0 Å². The van der Waals surface area contributed by atoms with Crippen molar-refractivity contribution in [2.24, 2.45) is 0 Å². The summed E-state index contributed by atoms with van der Waals surface area (Å²) in [6.45, 7) is 2.94. The first-order valence-electron chi connectivity index (χ1n) is 11.2. The Balaban J connectivity index is 1.84. The zero-order valence-electron chi connectivity index (χ0n) is 17.6. The van der Waals surface area contributed by atoms with Gasteiger partial charge in [0.25, 0.3) is 0 Å². The highest BCUT2D eigenvalue weighted by Gasteiger charge is 2.02. The minimum absolute atomic E-state index is 0.195. The van der Waals surface area contributed by atoms with Gasteiger partial charge in [-0.25, -0.2) is 0 Å². The second-order valence-corrected chi connectivity index (χ2v) is 7.52. The molecule has 0 aromatic heterocycles. The molecule has 1 N–H and O–H groups in total. The number of hydrogen-bond acceptors (Lipinski definition) is 1. The van der Waals surface area contributed by atoms with E-state index < -0.39 is 0 Å². The number of hydrogen-bond donors (Lipinski definition) is 1. The molecule has 0 spiro atoms. The fourth-order valence-electron chi connectivity index (χ4n) is 3.18. The van der Waals surface area contributed by atoms with Gasteiger partial charge in [0.2, 0.25) is 5.91 Å². The van der Waals surface area contributed by atoms with Crippen molar-refractivity contribution in [1.29, 1.82) is 0 Å². The Hall–Kier alpha value is -1.57. The lowest BCUT2D eigenvalue weighted by Crippen LogP contribution is -2.25. The van der Waals surface area contributed by atoms with Gasteiger partial charge in [0.1, 0.15) is 0 Å². The van der Waals surface area contributed by atoms with E-state index in [9.17, 15) is 4.79 Å². The largest absolute Gasteiger partial charge is 0.352 e. The van der Waals surface area contributed by atoms with Crippen LogP contribution in [0.4, 0.5) is 0 Å². The summed E-state index contributed by atoms with van der Waals surface area (Å²) in [4.78, 5) is 11.8. The van der Waals surface area contributed by atoms with E-state index in [1.165, 1.54) is 63.4 Å². The number of nitrogens with one attached hydrogen (secondary N) is 1. The van der Waals surface area contributed by atoms with Crippen molar-refractivity contribution in [1.82, 2.24) is 5.32 Å². The molecule has 1 rings (SSSR count). The van der Waals surface area contributed by atoms with Gasteiger partial charge in [0.15, 0.2) is 0 Å². The first-order valence-corrected chi connectivity index (χ1v) is 11.2. The molecule has 0 heterocycles. The predicted molar refractivity (Wildman–Crippen MR) is 119 cm³/mol. The van der Waals surface area contributed by atoms with E-state index in [2.05, 4.69) is 54.8 Å². The standard InChI is InChI=1S/C25H41NO/c1-2-3-4-5-6-7-8-9-10-11-12-13-14-15-19-22-25(27)26-23-24-20-17-16-18-21-24/h6-7,9-10,17,20-21H,2-5,8,11-16,18-19,22-23H2,1H3,(H,26,27)/b7-6-,10-9-. The van der Waals surface area contributed by atoms with Gasteiger partial charge < -0.3 is 5.32 Å². The van der Waals surface area contributed by atoms with Crippen LogP contribution in [0.25, 0.3) is 0 Å². The number of rotatable bonds is 16. The number of unbranched alkanes of at least 4 members (excludes halogenated alkanes) is 8. The van der Waals surface area contributed by atoms with Crippen molar-refractivity contribution in [3.05, 3.63) is 48.1 Å². The molecule has 0 fully saturated rings. The third kappa shape index (κ3) is 15.2. The molecule has 1 aliphatic carbocycles. The first kappa shape index (κ1) is 23.5. The minimum atomic E-state index is 0.195. The number of carbonyl (C=O) groups excluding carboxylic acids is 1.